The number of unbranched alkanes of at least 4 members (excludes halogenated alkanes) is 2. The Bertz CT molecular complexity index is 377. The van der Waals surface area contributed by atoms with E-state index in [4.69, 9.17) is 4.74 Å². The Balaban J connectivity index is 2.35. The minimum atomic E-state index is -0.0812. The quantitative estimate of drug-likeness (QED) is 0.540. The molecule has 1 aromatic carbocycles. The second kappa shape index (κ2) is 8.30. The topological polar surface area (TPSA) is 26.3 Å². The van der Waals surface area contributed by atoms with E-state index in [1.165, 1.54) is 5.56 Å². The van der Waals surface area contributed by atoms with Crippen LogP contribution in [0.5, 0.6) is 0 Å². The molecule has 1 rings (SSSR count). The van der Waals surface area contributed by atoms with Crippen molar-refractivity contribution in [2.24, 2.45) is 0 Å². The standard InChI is InChI=1S/C15H21BrO2/c1-3-4-5-10-15(17)18-11-12(2)13-8-6-7-9-14(13)16/h6-9,12H,3-5,10-11H2,1-2H3. The molecule has 3 heteroatoms. The maximum atomic E-state index is 11.5. The van der Waals surface area contributed by atoms with Crippen molar-refractivity contribution >= 4 is 21.9 Å². The zero-order valence-electron chi connectivity index (χ0n) is 11.1. The molecule has 0 amide bonds. The molecule has 0 radical (unpaired) electrons. The minimum absolute atomic E-state index is 0.0812. The van der Waals surface area contributed by atoms with Crippen LogP contribution in [-0.4, -0.2) is 12.6 Å². The van der Waals surface area contributed by atoms with Gasteiger partial charge in [-0.2, -0.15) is 0 Å². The smallest absolute Gasteiger partial charge is 0.305 e. The molecule has 0 fully saturated rings. The zero-order valence-corrected chi connectivity index (χ0v) is 12.7. The SMILES string of the molecule is CCCCCC(=O)OCC(C)c1ccccc1Br. The van der Waals surface area contributed by atoms with Crippen molar-refractivity contribution < 1.29 is 9.53 Å². The first kappa shape index (κ1) is 15.2. The number of hydrogen-bond donors (Lipinski definition) is 0. The third kappa shape index (κ3) is 5.21. The molecule has 0 aliphatic heterocycles. The molecule has 1 atom stereocenters. The van der Waals surface area contributed by atoms with Crippen LogP contribution in [0, 0.1) is 0 Å². The summed E-state index contributed by atoms with van der Waals surface area (Å²) in [5.41, 5.74) is 1.18. The molecule has 1 unspecified atom stereocenters. The molecule has 0 saturated carbocycles. The summed E-state index contributed by atoms with van der Waals surface area (Å²) in [4.78, 5) is 11.5. The predicted molar refractivity (Wildman–Crippen MR) is 77.7 cm³/mol. The molecule has 0 bridgehead atoms. The van der Waals surface area contributed by atoms with Gasteiger partial charge in [-0.15, -0.1) is 0 Å². The monoisotopic (exact) mass is 312 g/mol. The summed E-state index contributed by atoms with van der Waals surface area (Å²) < 4.78 is 6.37. The minimum Gasteiger partial charge on any atom is -0.465 e. The van der Waals surface area contributed by atoms with Crippen LogP contribution >= 0.6 is 15.9 Å². The maximum absolute atomic E-state index is 11.5. The second-order valence-corrected chi connectivity index (χ2v) is 5.42. The molecule has 0 spiro atoms. The number of rotatable bonds is 7. The van der Waals surface area contributed by atoms with Gasteiger partial charge in [-0.05, 0) is 18.1 Å². The Hall–Kier alpha value is -0.830. The van der Waals surface area contributed by atoms with E-state index in [1.807, 2.05) is 18.2 Å². The highest BCUT2D eigenvalue weighted by Crippen LogP contribution is 2.24. The highest BCUT2D eigenvalue weighted by Gasteiger charge is 2.11. The van der Waals surface area contributed by atoms with Gasteiger partial charge in [0, 0.05) is 16.8 Å². The first-order chi connectivity index (χ1) is 8.65. The molecule has 100 valence electrons. The summed E-state index contributed by atoms with van der Waals surface area (Å²) >= 11 is 3.51. The van der Waals surface area contributed by atoms with E-state index in [0.29, 0.717) is 13.0 Å². The predicted octanol–water partition coefficient (Wildman–Crippen LogP) is 4.68. The van der Waals surface area contributed by atoms with Crippen molar-refractivity contribution in [3.05, 3.63) is 34.3 Å². The van der Waals surface area contributed by atoms with Crippen LogP contribution in [0.2, 0.25) is 0 Å². The molecule has 0 aliphatic rings. The van der Waals surface area contributed by atoms with Gasteiger partial charge in [-0.3, -0.25) is 4.79 Å². The van der Waals surface area contributed by atoms with E-state index in [0.717, 1.165) is 23.7 Å². The van der Waals surface area contributed by atoms with E-state index in [2.05, 4.69) is 35.8 Å². The van der Waals surface area contributed by atoms with Gasteiger partial charge in [0.05, 0.1) is 6.61 Å². The Morgan fingerprint density at radius 2 is 2.06 bits per heavy atom. The Morgan fingerprint density at radius 3 is 2.72 bits per heavy atom. The molecule has 0 aromatic heterocycles. The number of esters is 1. The van der Waals surface area contributed by atoms with Crippen molar-refractivity contribution in [3.63, 3.8) is 0 Å². The largest absolute Gasteiger partial charge is 0.465 e. The summed E-state index contributed by atoms with van der Waals surface area (Å²) in [5.74, 6) is 0.137. The highest BCUT2D eigenvalue weighted by molar-refractivity contribution is 9.10. The fraction of sp³-hybridized carbons (Fsp3) is 0.533. The Morgan fingerprint density at radius 1 is 1.33 bits per heavy atom. The molecular formula is C15H21BrO2. The van der Waals surface area contributed by atoms with E-state index in [-0.39, 0.29) is 11.9 Å². The lowest BCUT2D eigenvalue weighted by Crippen LogP contribution is -2.11. The van der Waals surface area contributed by atoms with Gasteiger partial charge in [0.25, 0.3) is 0 Å². The van der Waals surface area contributed by atoms with Gasteiger partial charge in [0.1, 0.15) is 0 Å². The lowest BCUT2D eigenvalue weighted by Gasteiger charge is -2.14. The van der Waals surface area contributed by atoms with Crippen LogP contribution in [0.15, 0.2) is 28.7 Å². The van der Waals surface area contributed by atoms with Crippen molar-refractivity contribution in [1.29, 1.82) is 0 Å². The van der Waals surface area contributed by atoms with Crippen molar-refractivity contribution in [2.75, 3.05) is 6.61 Å². The molecule has 18 heavy (non-hydrogen) atoms. The molecule has 0 heterocycles. The Kier molecular flexibility index (Phi) is 7.02. The maximum Gasteiger partial charge on any atom is 0.305 e. The third-order valence-corrected chi connectivity index (χ3v) is 3.64. The molecule has 2 nitrogen and oxygen atoms in total. The van der Waals surface area contributed by atoms with Crippen molar-refractivity contribution in [1.82, 2.24) is 0 Å². The van der Waals surface area contributed by atoms with Crippen LogP contribution in [0.3, 0.4) is 0 Å². The first-order valence-electron chi connectivity index (χ1n) is 6.55. The van der Waals surface area contributed by atoms with Gasteiger partial charge in [-0.25, -0.2) is 0 Å². The molecule has 0 saturated heterocycles. The lowest BCUT2D eigenvalue weighted by atomic mass is 10.0. The average Bonchev–Trinajstić information content (AvgIpc) is 2.37. The van der Waals surface area contributed by atoms with Gasteiger partial charge in [-0.1, -0.05) is 60.8 Å². The summed E-state index contributed by atoms with van der Waals surface area (Å²) in [6, 6.07) is 8.05. The molecule has 0 N–H and O–H groups in total. The summed E-state index contributed by atoms with van der Waals surface area (Å²) in [6.45, 7) is 4.65. The zero-order chi connectivity index (χ0) is 13.4. The van der Waals surface area contributed by atoms with Gasteiger partial charge < -0.3 is 4.74 Å². The number of carbonyl (C=O) groups excluding carboxylic acids is 1. The number of carbonyl (C=O) groups is 1. The van der Waals surface area contributed by atoms with Gasteiger partial charge >= 0.3 is 5.97 Å². The van der Waals surface area contributed by atoms with Crippen LogP contribution < -0.4 is 0 Å². The van der Waals surface area contributed by atoms with Crippen LogP contribution in [0.1, 0.15) is 51.0 Å². The van der Waals surface area contributed by atoms with Crippen LogP contribution in [0.4, 0.5) is 0 Å². The lowest BCUT2D eigenvalue weighted by molar-refractivity contribution is -0.144. The van der Waals surface area contributed by atoms with E-state index in [1.54, 1.807) is 0 Å². The van der Waals surface area contributed by atoms with E-state index < -0.39 is 0 Å². The fourth-order valence-electron chi connectivity index (χ4n) is 1.77. The van der Waals surface area contributed by atoms with Crippen LogP contribution in [0.25, 0.3) is 0 Å². The van der Waals surface area contributed by atoms with Crippen molar-refractivity contribution in [2.45, 2.75) is 45.4 Å². The highest BCUT2D eigenvalue weighted by atomic mass is 79.9. The number of ether oxygens (including phenoxy) is 1. The number of halogens is 1. The second-order valence-electron chi connectivity index (χ2n) is 4.56. The van der Waals surface area contributed by atoms with Gasteiger partial charge in [0.15, 0.2) is 0 Å². The fourth-order valence-corrected chi connectivity index (χ4v) is 2.45. The summed E-state index contributed by atoms with van der Waals surface area (Å²) in [7, 11) is 0. The van der Waals surface area contributed by atoms with Gasteiger partial charge in [0.2, 0.25) is 0 Å². The van der Waals surface area contributed by atoms with E-state index >= 15 is 0 Å². The number of benzene rings is 1. The van der Waals surface area contributed by atoms with E-state index in [9.17, 15) is 4.79 Å². The summed E-state index contributed by atoms with van der Waals surface area (Å²) in [6.07, 6.45) is 3.69. The summed E-state index contributed by atoms with van der Waals surface area (Å²) in [5, 5.41) is 0. The molecule has 1 aromatic rings. The van der Waals surface area contributed by atoms with Crippen molar-refractivity contribution in [3.8, 4) is 0 Å². The first-order valence-corrected chi connectivity index (χ1v) is 7.34. The third-order valence-electron chi connectivity index (χ3n) is 2.91. The van der Waals surface area contributed by atoms with Crippen LogP contribution in [-0.2, 0) is 9.53 Å². The average molecular weight is 313 g/mol. The normalized spacial score (nSPS) is 12.2. The molecular weight excluding hydrogens is 292 g/mol. The Labute approximate surface area is 118 Å². The molecule has 0 aliphatic carbocycles. The number of hydrogen-bond acceptors (Lipinski definition) is 2.